The van der Waals surface area contributed by atoms with Crippen LogP contribution < -0.4 is 11.1 Å². The zero-order valence-corrected chi connectivity index (χ0v) is 14.9. The molecule has 3 heterocycles. The summed E-state index contributed by atoms with van der Waals surface area (Å²) in [6.07, 6.45) is 3.38. The highest BCUT2D eigenvalue weighted by Gasteiger charge is 2.15. The molecule has 4 rings (SSSR count). The lowest BCUT2D eigenvalue weighted by atomic mass is 10.1. The number of halogens is 1. The average molecular weight is 377 g/mol. The number of benzene rings is 1. The second-order valence-electron chi connectivity index (χ2n) is 6.01. The molecule has 0 aliphatic carbocycles. The molecule has 0 unspecified atom stereocenters. The van der Waals surface area contributed by atoms with Gasteiger partial charge in [0.05, 0.1) is 16.3 Å². The lowest BCUT2D eigenvalue weighted by molar-refractivity contribution is 0.0992. The zero-order valence-electron chi connectivity index (χ0n) is 14.2. The molecular weight excluding hydrogens is 362 g/mol. The minimum Gasteiger partial charge on any atom is -0.365 e. The van der Waals surface area contributed by atoms with Crippen molar-refractivity contribution in [2.45, 2.75) is 6.54 Å². The summed E-state index contributed by atoms with van der Waals surface area (Å²) in [6, 6.07) is 14.9. The van der Waals surface area contributed by atoms with Gasteiger partial charge in [-0.3, -0.25) is 10.5 Å². The van der Waals surface area contributed by atoms with E-state index in [1.807, 2.05) is 36.4 Å². The van der Waals surface area contributed by atoms with E-state index in [-0.39, 0.29) is 5.56 Å². The van der Waals surface area contributed by atoms with Gasteiger partial charge in [0.1, 0.15) is 11.5 Å². The molecule has 27 heavy (non-hydrogen) atoms. The Kier molecular flexibility index (Phi) is 4.48. The quantitative estimate of drug-likeness (QED) is 0.542. The summed E-state index contributed by atoms with van der Waals surface area (Å²) in [7, 11) is 0. The number of carbonyl (C=O) groups is 1. The summed E-state index contributed by atoms with van der Waals surface area (Å²) in [5.41, 5.74) is 11.0. The van der Waals surface area contributed by atoms with Crippen LogP contribution in [-0.2, 0) is 6.54 Å². The minimum atomic E-state index is -0.784. The summed E-state index contributed by atoms with van der Waals surface area (Å²) >= 11 is 6.07. The first-order chi connectivity index (χ1) is 13.1. The van der Waals surface area contributed by atoms with Crippen LogP contribution in [0, 0.1) is 0 Å². The van der Waals surface area contributed by atoms with E-state index in [0.29, 0.717) is 28.7 Å². The molecule has 1 radical (unpaired) electrons. The number of nitrogens with one attached hydrogen (secondary N) is 3. The molecule has 0 aliphatic rings. The number of nitrogens with zero attached hydrogens (tertiary/aromatic N) is 2. The number of anilines is 1. The van der Waals surface area contributed by atoms with Crippen molar-refractivity contribution in [1.29, 1.82) is 0 Å². The van der Waals surface area contributed by atoms with E-state index in [1.165, 1.54) is 0 Å². The molecule has 3 N–H and O–H groups in total. The first-order valence-corrected chi connectivity index (χ1v) is 8.67. The molecule has 1 aromatic carbocycles. The number of fused-ring (bicyclic) bond motifs is 1. The Balaban J connectivity index is 1.73. The highest BCUT2D eigenvalue weighted by Crippen LogP contribution is 2.30. The normalized spacial score (nSPS) is 10.9. The van der Waals surface area contributed by atoms with E-state index >= 15 is 0 Å². The van der Waals surface area contributed by atoms with Gasteiger partial charge < -0.3 is 10.3 Å². The van der Waals surface area contributed by atoms with Crippen LogP contribution in [0.1, 0.15) is 15.9 Å². The van der Waals surface area contributed by atoms with Crippen molar-refractivity contribution in [3.05, 3.63) is 77.1 Å². The zero-order chi connectivity index (χ0) is 18.8. The Labute approximate surface area is 160 Å². The van der Waals surface area contributed by atoms with Crippen LogP contribution in [0.2, 0.25) is 5.02 Å². The Bertz CT molecular complexity index is 1120. The third-order valence-corrected chi connectivity index (χ3v) is 4.42. The van der Waals surface area contributed by atoms with Crippen molar-refractivity contribution >= 4 is 34.4 Å². The van der Waals surface area contributed by atoms with Gasteiger partial charge in [-0.05, 0) is 23.8 Å². The Hall–Kier alpha value is -3.38. The number of H-pyrrole nitrogens is 1. The predicted octanol–water partition coefficient (Wildman–Crippen LogP) is 4.31. The molecule has 0 saturated carbocycles. The fraction of sp³-hybridized carbons (Fsp3) is 0.0500. The van der Waals surface area contributed by atoms with Crippen LogP contribution in [0.25, 0.3) is 22.3 Å². The fourth-order valence-electron chi connectivity index (χ4n) is 2.90. The van der Waals surface area contributed by atoms with E-state index in [1.54, 1.807) is 24.5 Å². The van der Waals surface area contributed by atoms with Crippen LogP contribution >= 0.6 is 11.6 Å². The standard InChI is InChI=1S/C20H15ClN5O/c21-13-8-15-16(11-25-19(15)24-10-13)17-7-6-14(18(22)27)20(26-17)23-9-12-4-2-1-3-5-12/h1-8,10-11,22H,9H2,(H,23,26)(H,24,25). The highest BCUT2D eigenvalue weighted by atomic mass is 35.5. The number of amides is 1. The van der Waals surface area contributed by atoms with Gasteiger partial charge in [-0.15, -0.1) is 0 Å². The third-order valence-electron chi connectivity index (χ3n) is 4.22. The Morgan fingerprint density at radius 1 is 1.19 bits per heavy atom. The first-order valence-electron chi connectivity index (χ1n) is 8.29. The largest absolute Gasteiger partial charge is 0.365 e. The van der Waals surface area contributed by atoms with Crippen molar-refractivity contribution in [2.75, 3.05) is 5.32 Å². The maximum absolute atomic E-state index is 11.7. The molecule has 1 amide bonds. The lowest BCUT2D eigenvalue weighted by Crippen LogP contribution is -2.09. The lowest BCUT2D eigenvalue weighted by Gasteiger charge is -2.11. The molecule has 7 heteroatoms. The minimum absolute atomic E-state index is 0.227. The highest BCUT2D eigenvalue weighted by molar-refractivity contribution is 6.31. The molecule has 0 saturated heterocycles. The molecule has 133 valence electrons. The van der Waals surface area contributed by atoms with Gasteiger partial charge in [-0.2, -0.15) is 0 Å². The fourth-order valence-corrected chi connectivity index (χ4v) is 3.06. The maximum atomic E-state index is 11.7. The van der Waals surface area contributed by atoms with Gasteiger partial charge >= 0.3 is 0 Å². The van der Waals surface area contributed by atoms with Crippen molar-refractivity contribution in [3.8, 4) is 11.3 Å². The average Bonchev–Trinajstić information content (AvgIpc) is 3.10. The Morgan fingerprint density at radius 2 is 2.00 bits per heavy atom. The molecule has 0 spiro atoms. The molecular formula is C20H15ClN5O. The molecule has 0 fully saturated rings. The third kappa shape index (κ3) is 3.47. The predicted molar refractivity (Wildman–Crippen MR) is 106 cm³/mol. The van der Waals surface area contributed by atoms with Gasteiger partial charge in [0, 0.05) is 29.9 Å². The summed E-state index contributed by atoms with van der Waals surface area (Å²) in [5, 5.41) is 4.54. The van der Waals surface area contributed by atoms with Crippen LogP contribution in [0.3, 0.4) is 0 Å². The second-order valence-corrected chi connectivity index (χ2v) is 6.45. The Morgan fingerprint density at radius 3 is 2.78 bits per heavy atom. The molecule has 0 atom stereocenters. The summed E-state index contributed by atoms with van der Waals surface area (Å²) in [4.78, 5) is 23.6. The summed E-state index contributed by atoms with van der Waals surface area (Å²) < 4.78 is 0. The van der Waals surface area contributed by atoms with Gasteiger partial charge in [0.2, 0.25) is 0 Å². The number of rotatable bonds is 5. The van der Waals surface area contributed by atoms with E-state index in [2.05, 4.69) is 20.3 Å². The van der Waals surface area contributed by atoms with Crippen LogP contribution in [0.5, 0.6) is 0 Å². The van der Waals surface area contributed by atoms with Crippen LogP contribution in [0.4, 0.5) is 5.82 Å². The smallest absolute Gasteiger partial charge is 0.273 e. The van der Waals surface area contributed by atoms with Gasteiger partial charge in [-0.25, -0.2) is 9.97 Å². The molecule has 4 aromatic rings. The van der Waals surface area contributed by atoms with Gasteiger partial charge in [0.25, 0.3) is 5.91 Å². The summed E-state index contributed by atoms with van der Waals surface area (Å²) in [5.74, 6) is -0.408. The van der Waals surface area contributed by atoms with Crippen LogP contribution in [-0.4, -0.2) is 20.9 Å². The second kappa shape index (κ2) is 7.09. The van der Waals surface area contributed by atoms with Crippen molar-refractivity contribution in [1.82, 2.24) is 20.7 Å². The number of aromatic amines is 1. The first kappa shape index (κ1) is 17.1. The van der Waals surface area contributed by atoms with Gasteiger partial charge in [0.15, 0.2) is 0 Å². The van der Waals surface area contributed by atoms with E-state index in [9.17, 15) is 4.79 Å². The number of carbonyl (C=O) groups excluding carboxylic acids is 1. The topological polar surface area (TPSA) is 94.5 Å². The number of aromatic nitrogens is 3. The van der Waals surface area contributed by atoms with E-state index < -0.39 is 5.91 Å². The summed E-state index contributed by atoms with van der Waals surface area (Å²) in [6.45, 7) is 0.499. The van der Waals surface area contributed by atoms with Gasteiger partial charge in [-0.1, -0.05) is 41.9 Å². The molecule has 6 nitrogen and oxygen atoms in total. The molecule has 0 aliphatic heterocycles. The molecule has 3 aromatic heterocycles. The van der Waals surface area contributed by atoms with E-state index in [0.717, 1.165) is 16.5 Å². The van der Waals surface area contributed by atoms with Crippen molar-refractivity contribution in [3.63, 3.8) is 0 Å². The maximum Gasteiger partial charge on any atom is 0.273 e. The number of pyridine rings is 2. The van der Waals surface area contributed by atoms with Crippen molar-refractivity contribution in [2.24, 2.45) is 0 Å². The monoisotopic (exact) mass is 376 g/mol. The molecule has 0 bridgehead atoms. The van der Waals surface area contributed by atoms with Crippen LogP contribution in [0.15, 0.2) is 60.9 Å². The number of hydrogen-bond donors (Lipinski definition) is 2. The van der Waals surface area contributed by atoms with E-state index in [4.69, 9.17) is 17.3 Å². The van der Waals surface area contributed by atoms with Crippen molar-refractivity contribution < 1.29 is 4.79 Å². The number of hydrogen-bond acceptors (Lipinski definition) is 4. The SMILES string of the molecule is [NH]C(=O)c1ccc(-c2c[nH]c3ncc(Cl)cc23)nc1NCc1ccccc1.